The SMILES string of the molecule is CCC(N)(CC)CNS(=O)(=O)c1ccc(C)cc1[N+](=O)[O-].Cl. The Labute approximate surface area is 136 Å². The summed E-state index contributed by atoms with van der Waals surface area (Å²) in [6.07, 6.45) is 1.20. The van der Waals surface area contributed by atoms with Crippen molar-refractivity contribution < 1.29 is 13.3 Å². The molecule has 0 fully saturated rings. The normalized spacial score (nSPS) is 11.8. The predicted molar refractivity (Wildman–Crippen MR) is 87.8 cm³/mol. The maximum absolute atomic E-state index is 12.3. The molecule has 0 radical (unpaired) electrons. The van der Waals surface area contributed by atoms with Crippen molar-refractivity contribution in [3.8, 4) is 0 Å². The van der Waals surface area contributed by atoms with Crippen molar-refractivity contribution in [1.82, 2.24) is 4.72 Å². The monoisotopic (exact) mass is 351 g/mol. The molecular formula is C13H22ClN3O4S. The number of rotatable bonds is 7. The molecule has 0 spiro atoms. The molecule has 0 aromatic heterocycles. The summed E-state index contributed by atoms with van der Waals surface area (Å²) < 4.78 is 26.9. The number of nitrogens with zero attached hydrogens (tertiary/aromatic N) is 1. The van der Waals surface area contributed by atoms with Crippen LogP contribution in [0.1, 0.15) is 32.3 Å². The molecule has 0 heterocycles. The van der Waals surface area contributed by atoms with Crippen LogP contribution in [0.3, 0.4) is 0 Å². The van der Waals surface area contributed by atoms with Gasteiger partial charge in [0.1, 0.15) is 0 Å². The summed E-state index contributed by atoms with van der Waals surface area (Å²) >= 11 is 0. The molecule has 1 aromatic rings. The number of hydrogen-bond acceptors (Lipinski definition) is 5. The molecule has 0 aliphatic heterocycles. The highest BCUT2D eigenvalue weighted by atomic mass is 35.5. The molecule has 9 heteroatoms. The highest BCUT2D eigenvalue weighted by Gasteiger charge is 2.29. The van der Waals surface area contributed by atoms with E-state index in [1.807, 2.05) is 13.8 Å². The highest BCUT2D eigenvalue weighted by molar-refractivity contribution is 7.89. The van der Waals surface area contributed by atoms with Gasteiger partial charge in [-0.2, -0.15) is 0 Å². The Morgan fingerprint density at radius 3 is 2.32 bits per heavy atom. The lowest BCUT2D eigenvalue weighted by molar-refractivity contribution is -0.387. The second-order valence-electron chi connectivity index (χ2n) is 5.12. The number of nitrogens with two attached hydrogens (primary N) is 1. The molecule has 0 saturated carbocycles. The van der Waals surface area contributed by atoms with E-state index in [2.05, 4.69) is 4.72 Å². The Balaban J connectivity index is 0.00000441. The summed E-state index contributed by atoms with van der Waals surface area (Å²) in [6, 6.07) is 4.01. The molecule has 0 atom stereocenters. The lowest BCUT2D eigenvalue weighted by Gasteiger charge is -2.26. The lowest BCUT2D eigenvalue weighted by atomic mass is 9.95. The zero-order valence-corrected chi connectivity index (χ0v) is 14.5. The van der Waals surface area contributed by atoms with Gasteiger partial charge < -0.3 is 5.73 Å². The van der Waals surface area contributed by atoms with Crippen LogP contribution in [0.25, 0.3) is 0 Å². The molecule has 0 bridgehead atoms. The second-order valence-corrected chi connectivity index (χ2v) is 6.86. The first-order valence-corrected chi connectivity index (χ1v) is 8.17. The fourth-order valence-corrected chi connectivity index (χ4v) is 3.10. The highest BCUT2D eigenvalue weighted by Crippen LogP contribution is 2.25. The van der Waals surface area contributed by atoms with Crippen molar-refractivity contribution in [2.24, 2.45) is 5.73 Å². The number of aryl methyl sites for hydroxylation is 1. The van der Waals surface area contributed by atoms with Crippen molar-refractivity contribution >= 4 is 28.1 Å². The largest absolute Gasteiger partial charge is 0.324 e. The Morgan fingerprint density at radius 2 is 1.86 bits per heavy atom. The van der Waals surface area contributed by atoms with Crippen molar-refractivity contribution in [3.63, 3.8) is 0 Å². The topological polar surface area (TPSA) is 115 Å². The summed E-state index contributed by atoms with van der Waals surface area (Å²) in [4.78, 5) is 9.99. The van der Waals surface area contributed by atoms with Crippen molar-refractivity contribution in [1.29, 1.82) is 0 Å². The first-order valence-electron chi connectivity index (χ1n) is 6.69. The van der Waals surface area contributed by atoms with E-state index in [4.69, 9.17) is 5.73 Å². The summed E-state index contributed by atoms with van der Waals surface area (Å²) in [5.74, 6) is 0. The Hall–Kier alpha value is -1.22. The van der Waals surface area contributed by atoms with Gasteiger partial charge in [-0.05, 0) is 31.4 Å². The van der Waals surface area contributed by atoms with E-state index in [-0.39, 0.29) is 23.8 Å². The van der Waals surface area contributed by atoms with Gasteiger partial charge in [0.2, 0.25) is 10.0 Å². The van der Waals surface area contributed by atoms with Crippen LogP contribution in [-0.4, -0.2) is 25.4 Å². The third kappa shape index (κ3) is 4.91. The molecule has 1 aromatic carbocycles. The maximum atomic E-state index is 12.3. The van der Waals surface area contributed by atoms with Crippen LogP contribution in [0.4, 0.5) is 5.69 Å². The van der Waals surface area contributed by atoms with Gasteiger partial charge in [-0.15, -0.1) is 12.4 Å². The summed E-state index contributed by atoms with van der Waals surface area (Å²) in [5.41, 5.74) is 5.57. The Morgan fingerprint density at radius 1 is 1.32 bits per heavy atom. The third-order valence-electron chi connectivity index (χ3n) is 3.62. The van der Waals surface area contributed by atoms with Gasteiger partial charge in [0.15, 0.2) is 4.90 Å². The number of benzene rings is 1. The van der Waals surface area contributed by atoms with Gasteiger partial charge in [0, 0.05) is 18.2 Å². The number of sulfonamides is 1. The molecule has 7 nitrogen and oxygen atoms in total. The van der Waals surface area contributed by atoms with E-state index in [9.17, 15) is 18.5 Å². The van der Waals surface area contributed by atoms with E-state index in [1.165, 1.54) is 18.2 Å². The molecular weight excluding hydrogens is 330 g/mol. The molecule has 0 aliphatic carbocycles. The van der Waals surface area contributed by atoms with E-state index >= 15 is 0 Å². The average Bonchev–Trinajstić information content (AvgIpc) is 2.44. The quantitative estimate of drug-likeness (QED) is 0.576. The molecule has 0 aliphatic rings. The molecule has 3 N–H and O–H groups in total. The summed E-state index contributed by atoms with van der Waals surface area (Å²) in [7, 11) is -3.98. The fourth-order valence-electron chi connectivity index (χ4n) is 1.81. The minimum absolute atomic E-state index is 0. The smallest absolute Gasteiger partial charge is 0.289 e. The molecule has 0 amide bonds. The van der Waals surface area contributed by atoms with Gasteiger partial charge in [-0.1, -0.05) is 19.9 Å². The average molecular weight is 352 g/mol. The molecule has 0 saturated heterocycles. The minimum atomic E-state index is -3.98. The third-order valence-corrected chi connectivity index (χ3v) is 5.07. The fraction of sp³-hybridized carbons (Fsp3) is 0.538. The molecule has 126 valence electrons. The number of nitro benzene ring substituents is 1. The maximum Gasteiger partial charge on any atom is 0.289 e. The second kappa shape index (κ2) is 7.87. The zero-order chi connectivity index (χ0) is 16.3. The van der Waals surface area contributed by atoms with Gasteiger partial charge in [0.25, 0.3) is 5.69 Å². The number of halogens is 1. The van der Waals surface area contributed by atoms with Crippen LogP contribution in [-0.2, 0) is 10.0 Å². The van der Waals surface area contributed by atoms with Crippen molar-refractivity contribution in [3.05, 3.63) is 33.9 Å². The molecule has 0 unspecified atom stereocenters. The van der Waals surface area contributed by atoms with Gasteiger partial charge in [0.05, 0.1) is 4.92 Å². The van der Waals surface area contributed by atoms with Crippen molar-refractivity contribution in [2.45, 2.75) is 44.0 Å². The van der Waals surface area contributed by atoms with Gasteiger partial charge in [-0.3, -0.25) is 10.1 Å². The number of nitro groups is 1. The summed E-state index contributed by atoms with van der Waals surface area (Å²) in [5, 5.41) is 11.0. The zero-order valence-electron chi connectivity index (χ0n) is 12.8. The number of nitrogens with one attached hydrogen (secondary N) is 1. The molecule has 1 rings (SSSR count). The van der Waals surface area contributed by atoms with Gasteiger partial charge >= 0.3 is 0 Å². The lowest BCUT2D eigenvalue weighted by Crippen LogP contribution is -2.49. The van der Waals surface area contributed by atoms with Gasteiger partial charge in [-0.25, -0.2) is 13.1 Å². The van der Waals surface area contributed by atoms with E-state index in [1.54, 1.807) is 6.92 Å². The van der Waals surface area contributed by atoms with Crippen LogP contribution in [0.15, 0.2) is 23.1 Å². The van der Waals surface area contributed by atoms with Crippen LogP contribution in [0.2, 0.25) is 0 Å². The van der Waals surface area contributed by atoms with Crippen LogP contribution in [0.5, 0.6) is 0 Å². The minimum Gasteiger partial charge on any atom is -0.324 e. The first kappa shape index (κ1) is 20.8. The van der Waals surface area contributed by atoms with E-state index in [0.29, 0.717) is 18.4 Å². The van der Waals surface area contributed by atoms with E-state index < -0.39 is 26.2 Å². The summed E-state index contributed by atoms with van der Waals surface area (Å²) in [6.45, 7) is 5.43. The Kier molecular flexibility index (Phi) is 7.43. The standard InChI is InChI=1S/C13H21N3O4S.ClH/c1-4-13(14,5-2)9-15-21(19,20)12-7-6-10(3)8-11(12)16(17)18;/h6-8,15H,4-5,9,14H2,1-3H3;1H. The van der Waals surface area contributed by atoms with Crippen LogP contribution in [0, 0.1) is 17.0 Å². The number of hydrogen-bond donors (Lipinski definition) is 2. The Bertz CT molecular complexity index is 630. The van der Waals surface area contributed by atoms with Crippen molar-refractivity contribution in [2.75, 3.05) is 6.54 Å². The van der Waals surface area contributed by atoms with E-state index in [0.717, 1.165) is 0 Å². The first-order chi connectivity index (χ1) is 9.65. The van der Waals surface area contributed by atoms with Crippen LogP contribution < -0.4 is 10.5 Å². The molecule has 22 heavy (non-hydrogen) atoms. The van der Waals surface area contributed by atoms with Crippen LogP contribution >= 0.6 is 12.4 Å². The predicted octanol–water partition coefficient (Wildman–Crippen LogP) is 2.12.